The van der Waals surface area contributed by atoms with E-state index >= 15 is 0 Å². The van der Waals surface area contributed by atoms with Crippen LogP contribution < -0.4 is 5.32 Å². The van der Waals surface area contributed by atoms with E-state index < -0.39 is 9.84 Å². The first-order valence-electron chi connectivity index (χ1n) is 5.34. The van der Waals surface area contributed by atoms with Crippen LogP contribution in [-0.4, -0.2) is 26.5 Å². The van der Waals surface area contributed by atoms with Gasteiger partial charge in [-0.2, -0.15) is 0 Å². The van der Waals surface area contributed by atoms with Crippen LogP contribution in [0.2, 0.25) is 5.02 Å². The third-order valence-electron chi connectivity index (χ3n) is 2.32. The largest absolute Gasteiger partial charge is 0.384 e. The molecule has 1 N–H and O–H groups in total. The van der Waals surface area contributed by atoms with E-state index in [1.165, 1.54) is 0 Å². The predicted molar refractivity (Wildman–Crippen MR) is 76.6 cm³/mol. The van der Waals surface area contributed by atoms with Gasteiger partial charge in [0.05, 0.1) is 5.75 Å². The maximum absolute atomic E-state index is 11.3. The molecule has 0 bridgehead atoms. The highest BCUT2D eigenvalue weighted by Gasteiger charge is 2.06. The van der Waals surface area contributed by atoms with E-state index in [1.54, 1.807) is 19.1 Å². The van der Waals surface area contributed by atoms with E-state index in [4.69, 9.17) is 11.6 Å². The van der Waals surface area contributed by atoms with Crippen molar-refractivity contribution in [2.45, 2.75) is 13.3 Å². The number of benzene rings is 1. The summed E-state index contributed by atoms with van der Waals surface area (Å²) in [5.41, 5.74) is 0.920. The highest BCUT2D eigenvalue weighted by molar-refractivity contribution is 9.10. The van der Waals surface area contributed by atoms with Gasteiger partial charge in [-0.1, -0.05) is 18.5 Å². The van der Waals surface area contributed by atoms with E-state index in [0.29, 0.717) is 18.0 Å². The molecule has 0 saturated carbocycles. The van der Waals surface area contributed by atoms with Gasteiger partial charge in [0.25, 0.3) is 0 Å². The average Bonchev–Trinajstić information content (AvgIpc) is 2.27. The molecule has 0 saturated heterocycles. The van der Waals surface area contributed by atoms with E-state index in [-0.39, 0.29) is 11.5 Å². The maximum Gasteiger partial charge on any atom is 0.150 e. The summed E-state index contributed by atoms with van der Waals surface area (Å²) in [4.78, 5) is 0. The molecule has 0 atom stereocenters. The van der Waals surface area contributed by atoms with Crippen LogP contribution in [-0.2, 0) is 9.84 Å². The van der Waals surface area contributed by atoms with Gasteiger partial charge in [0.2, 0.25) is 0 Å². The average molecular weight is 341 g/mol. The number of hydrogen-bond acceptors (Lipinski definition) is 3. The SMILES string of the molecule is CCS(=O)(=O)CCCNc1ccc(Cl)cc1Br. The lowest BCUT2D eigenvalue weighted by atomic mass is 10.3. The number of sulfone groups is 1. The highest BCUT2D eigenvalue weighted by Crippen LogP contribution is 2.25. The molecule has 0 aliphatic rings. The van der Waals surface area contributed by atoms with Crippen LogP contribution in [0.4, 0.5) is 5.69 Å². The molecular formula is C11H15BrClNO2S. The summed E-state index contributed by atoms with van der Waals surface area (Å²) in [6.07, 6.45) is 0.602. The standard InChI is InChI=1S/C11H15BrClNO2S/c1-2-17(15,16)7-3-6-14-11-5-4-9(13)8-10(11)12/h4-5,8,14H,2-3,6-7H2,1H3. The van der Waals surface area contributed by atoms with Crippen LogP contribution in [0, 0.1) is 0 Å². The Morgan fingerprint density at radius 3 is 2.71 bits per heavy atom. The number of nitrogens with one attached hydrogen (secondary N) is 1. The first-order chi connectivity index (χ1) is 7.94. The topological polar surface area (TPSA) is 46.2 Å². The summed E-state index contributed by atoms with van der Waals surface area (Å²) in [6, 6.07) is 5.45. The molecule has 6 heteroatoms. The van der Waals surface area contributed by atoms with Crippen molar-refractivity contribution >= 4 is 43.1 Å². The summed E-state index contributed by atoms with van der Waals surface area (Å²) in [7, 11) is -2.86. The second-order valence-electron chi connectivity index (χ2n) is 3.64. The van der Waals surface area contributed by atoms with Gasteiger partial charge in [-0.15, -0.1) is 0 Å². The minimum absolute atomic E-state index is 0.206. The summed E-state index contributed by atoms with van der Waals surface area (Å²) in [6.45, 7) is 2.29. The van der Waals surface area contributed by atoms with Gasteiger partial charge in [-0.3, -0.25) is 0 Å². The smallest absolute Gasteiger partial charge is 0.150 e. The normalized spacial score (nSPS) is 11.5. The Balaban J connectivity index is 2.41. The van der Waals surface area contributed by atoms with Gasteiger partial charge in [0.1, 0.15) is 9.84 Å². The molecule has 0 spiro atoms. The maximum atomic E-state index is 11.3. The van der Waals surface area contributed by atoms with Crippen molar-refractivity contribution in [3.05, 3.63) is 27.7 Å². The van der Waals surface area contributed by atoms with Crippen LogP contribution >= 0.6 is 27.5 Å². The van der Waals surface area contributed by atoms with Gasteiger partial charge in [0, 0.05) is 27.5 Å². The summed E-state index contributed by atoms with van der Waals surface area (Å²) in [5, 5.41) is 3.83. The third-order valence-corrected chi connectivity index (χ3v) is 5.00. The third kappa shape index (κ3) is 5.27. The lowest BCUT2D eigenvalue weighted by Crippen LogP contribution is -2.13. The van der Waals surface area contributed by atoms with Crippen molar-refractivity contribution in [2.75, 3.05) is 23.4 Å². The molecule has 0 aliphatic heterocycles. The Bertz CT molecular complexity index is 476. The molecule has 96 valence electrons. The molecule has 0 fully saturated rings. The summed E-state index contributed by atoms with van der Waals surface area (Å²) < 4.78 is 23.4. The second kappa shape index (κ2) is 6.61. The van der Waals surface area contributed by atoms with Crippen molar-refractivity contribution in [1.82, 2.24) is 0 Å². The van der Waals surface area contributed by atoms with Gasteiger partial charge in [-0.05, 0) is 40.5 Å². The van der Waals surface area contributed by atoms with Crippen molar-refractivity contribution in [2.24, 2.45) is 0 Å². The first-order valence-corrected chi connectivity index (χ1v) is 8.33. The minimum atomic E-state index is -2.86. The molecule has 1 aromatic carbocycles. The van der Waals surface area contributed by atoms with Gasteiger partial charge in [-0.25, -0.2) is 8.42 Å². The molecule has 1 rings (SSSR count). The van der Waals surface area contributed by atoms with Crippen LogP contribution in [0.3, 0.4) is 0 Å². The Hall–Kier alpha value is -0.260. The molecule has 0 aliphatic carbocycles. The molecule has 0 radical (unpaired) electrons. The van der Waals surface area contributed by atoms with E-state index in [1.807, 2.05) is 6.07 Å². The van der Waals surface area contributed by atoms with Gasteiger partial charge >= 0.3 is 0 Å². The summed E-state index contributed by atoms with van der Waals surface area (Å²) in [5.74, 6) is 0.430. The zero-order chi connectivity index (χ0) is 12.9. The molecule has 1 aromatic rings. The molecule has 3 nitrogen and oxygen atoms in total. The molecule has 0 amide bonds. The highest BCUT2D eigenvalue weighted by atomic mass is 79.9. The van der Waals surface area contributed by atoms with Gasteiger partial charge < -0.3 is 5.32 Å². The molecule has 0 heterocycles. The van der Waals surface area contributed by atoms with Crippen LogP contribution in [0.15, 0.2) is 22.7 Å². The zero-order valence-electron chi connectivity index (χ0n) is 9.54. The fourth-order valence-electron chi connectivity index (χ4n) is 1.29. The fraction of sp³-hybridized carbons (Fsp3) is 0.455. The quantitative estimate of drug-likeness (QED) is 0.808. The fourth-order valence-corrected chi connectivity index (χ4v) is 2.99. The minimum Gasteiger partial charge on any atom is -0.384 e. The monoisotopic (exact) mass is 339 g/mol. The lowest BCUT2D eigenvalue weighted by Gasteiger charge is -2.08. The van der Waals surface area contributed by atoms with E-state index in [0.717, 1.165) is 10.2 Å². The lowest BCUT2D eigenvalue weighted by molar-refractivity contribution is 0.595. The number of halogens is 2. The van der Waals surface area contributed by atoms with Crippen LogP contribution in [0.1, 0.15) is 13.3 Å². The van der Waals surface area contributed by atoms with Crippen molar-refractivity contribution < 1.29 is 8.42 Å². The zero-order valence-corrected chi connectivity index (χ0v) is 12.7. The number of hydrogen-bond donors (Lipinski definition) is 1. The molecular weight excluding hydrogens is 326 g/mol. The molecule has 0 aromatic heterocycles. The van der Waals surface area contributed by atoms with Gasteiger partial charge in [0.15, 0.2) is 0 Å². The second-order valence-corrected chi connectivity index (χ2v) is 7.40. The van der Waals surface area contributed by atoms with E-state index in [2.05, 4.69) is 21.2 Å². The summed E-state index contributed by atoms with van der Waals surface area (Å²) >= 11 is 9.21. The van der Waals surface area contributed by atoms with Crippen molar-refractivity contribution in [1.29, 1.82) is 0 Å². The Morgan fingerprint density at radius 2 is 2.12 bits per heavy atom. The first kappa shape index (κ1) is 14.8. The van der Waals surface area contributed by atoms with Crippen LogP contribution in [0.5, 0.6) is 0 Å². The van der Waals surface area contributed by atoms with Crippen molar-refractivity contribution in [3.8, 4) is 0 Å². The Labute approximate surface area is 116 Å². The molecule has 17 heavy (non-hydrogen) atoms. The molecule has 0 unspecified atom stereocenters. The van der Waals surface area contributed by atoms with E-state index in [9.17, 15) is 8.42 Å². The Morgan fingerprint density at radius 1 is 1.41 bits per heavy atom. The Kier molecular flexibility index (Phi) is 5.76. The van der Waals surface area contributed by atoms with Crippen molar-refractivity contribution in [3.63, 3.8) is 0 Å². The predicted octanol–water partition coefficient (Wildman–Crippen LogP) is 3.34. The van der Waals surface area contributed by atoms with Crippen LogP contribution in [0.25, 0.3) is 0 Å². The number of rotatable bonds is 6. The number of anilines is 1.